The zero-order valence-corrected chi connectivity index (χ0v) is 38.5. The van der Waals surface area contributed by atoms with Crippen molar-refractivity contribution < 1.29 is 43.2 Å². The Bertz CT molecular complexity index is 2420. The second-order valence-corrected chi connectivity index (χ2v) is 19.2. The Kier molecular flexibility index (Phi) is 10.9. The molecule has 2 aromatic carbocycles. The van der Waals surface area contributed by atoms with Crippen LogP contribution in [-0.2, 0) is 45.8 Å². The number of para-hydroxylation sites is 1. The lowest BCUT2D eigenvalue weighted by Gasteiger charge is -2.63. The van der Waals surface area contributed by atoms with E-state index in [1.807, 2.05) is 50.1 Å². The van der Waals surface area contributed by atoms with Gasteiger partial charge in [-0.1, -0.05) is 44.2 Å². The van der Waals surface area contributed by atoms with E-state index >= 15 is 4.79 Å². The van der Waals surface area contributed by atoms with Crippen molar-refractivity contribution in [3.63, 3.8) is 0 Å². The summed E-state index contributed by atoms with van der Waals surface area (Å²) in [5, 5.41) is 20.7. The number of ether oxygens (including phenoxy) is 4. The van der Waals surface area contributed by atoms with Crippen LogP contribution in [-0.4, -0.2) is 141 Å². The molecule has 15 heteroatoms. The van der Waals surface area contributed by atoms with Gasteiger partial charge in [-0.3, -0.25) is 14.5 Å². The molecule has 64 heavy (non-hydrogen) atoms. The second kappa shape index (κ2) is 15.8. The van der Waals surface area contributed by atoms with E-state index in [2.05, 4.69) is 56.6 Å². The molecular weight excluding hydrogens is 817 g/mol. The van der Waals surface area contributed by atoms with Gasteiger partial charge in [-0.25, -0.2) is 9.59 Å². The molecule has 344 valence electrons. The van der Waals surface area contributed by atoms with Crippen molar-refractivity contribution in [1.29, 1.82) is 0 Å². The van der Waals surface area contributed by atoms with Gasteiger partial charge in [0, 0.05) is 97.5 Å². The lowest BCUT2D eigenvalue weighted by molar-refractivity contribution is -0.228. The quantitative estimate of drug-likeness (QED) is 0.137. The summed E-state index contributed by atoms with van der Waals surface area (Å²) in [7, 11) is 6.16. The Morgan fingerprint density at radius 2 is 1.72 bits per heavy atom. The lowest BCUT2D eigenvalue weighted by atomic mass is 9.47. The molecular formula is C49H64N6O9. The highest BCUT2D eigenvalue weighted by atomic mass is 16.6. The predicted octanol–water partition coefficient (Wildman–Crippen LogP) is 4.32. The summed E-state index contributed by atoms with van der Waals surface area (Å²) in [4.78, 5) is 67.0. The fourth-order valence-electron chi connectivity index (χ4n) is 14.2. The van der Waals surface area contributed by atoms with Gasteiger partial charge in [-0.2, -0.15) is 0 Å². The number of likely N-dealkylation sites (N-methyl/N-ethyl adjacent to an activating group) is 1. The minimum Gasteiger partial charge on any atom is -0.496 e. The molecule has 15 nitrogen and oxygen atoms in total. The number of hydrogen-bond donors (Lipinski definition) is 4. The fraction of sp³-hybridized carbons (Fsp3) is 0.592. The molecule has 5 aliphatic heterocycles. The van der Waals surface area contributed by atoms with Crippen molar-refractivity contribution in [2.45, 2.75) is 106 Å². The van der Waals surface area contributed by atoms with Gasteiger partial charge >= 0.3 is 23.9 Å². The number of methoxy groups -OCH3 is 3. The van der Waals surface area contributed by atoms with Gasteiger partial charge in [-0.05, 0) is 81.2 Å². The Morgan fingerprint density at radius 1 is 0.953 bits per heavy atom. The van der Waals surface area contributed by atoms with Crippen LogP contribution in [0.5, 0.6) is 5.75 Å². The first kappa shape index (κ1) is 44.1. The summed E-state index contributed by atoms with van der Waals surface area (Å²) in [6.45, 7) is 11.2. The number of benzene rings is 2. The molecule has 2 saturated heterocycles. The Morgan fingerprint density at radius 3 is 2.41 bits per heavy atom. The van der Waals surface area contributed by atoms with E-state index < -0.39 is 57.4 Å². The zero-order valence-electron chi connectivity index (χ0n) is 38.5. The number of amides is 2. The number of H-pyrrole nitrogens is 1. The van der Waals surface area contributed by atoms with E-state index in [0.717, 1.165) is 33.4 Å². The van der Waals surface area contributed by atoms with Crippen LogP contribution in [0.1, 0.15) is 82.2 Å². The van der Waals surface area contributed by atoms with Gasteiger partial charge in [0.25, 0.3) is 0 Å². The SMILES string of the molecule is CCNC(=O)N[C@@]1(CC)C[C@H]2CN(CCc3c([nH]c4ccccc34)[C@@](C(=O)OC)(c3cc4c(cc3OC)N(C)[C@H]3[C@@](O)(C(=O)OC)[C@H](OC(C)=O)[C@]5(CC)C=CCN6CC[C@]43[C@@H]65)C2)C1. The van der Waals surface area contributed by atoms with Gasteiger partial charge in [0.2, 0.25) is 5.60 Å². The molecule has 1 spiro atoms. The van der Waals surface area contributed by atoms with Gasteiger partial charge in [0.05, 0.1) is 32.9 Å². The van der Waals surface area contributed by atoms with Crippen molar-refractivity contribution in [2.75, 3.05) is 72.5 Å². The predicted molar refractivity (Wildman–Crippen MR) is 240 cm³/mol. The summed E-state index contributed by atoms with van der Waals surface area (Å²) in [6.07, 6.45) is 6.11. The third-order valence-electron chi connectivity index (χ3n) is 16.4. The maximum atomic E-state index is 15.6. The van der Waals surface area contributed by atoms with Crippen LogP contribution in [0.2, 0.25) is 0 Å². The summed E-state index contributed by atoms with van der Waals surface area (Å²) < 4.78 is 24.1. The normalized spacial score (nSPS) is 34.8. The first-order valence-corrected chi connectivity index (χ1v) is 23.0. The van der Waals surface area contributed by atoms with E-state index in [0.29, 0.717) is 89.1 Å². The maximum Gasteiger partial charge on any atom is 0.344 e. The smallest absolute Gasteiger partial charge is 0.344 e. The molecule has 6 aliphatic rings. The van der Waals surface area contributed by atoms with E-state index in [9.17, 15) is 19.5 Å². The number of nitrogens with one attached hydrogen (secondary N) is 3. The highest BCUT2D eigenvalue weighted by Gasteiger charge is 2.80. The first-order valence-electron chi connectivity index (χ1n) is 23.0. The molecule has 2 amide bonds. The number of rotatable bonds is 9. The minimum absolute atomic E-state index is 0.0968. The number of carbonyl (C=O) groups is 4. The van der Waals surface area contributed by atoms with Crippen molar-refractivity contribution in [3.05, 3.63) is 70.9 Å². The molecule has 1 saturated carbocycles. The van der Waals surface area contributed by atoms with E-state index in [1.165, 1.54) is 21.1 Å². The number of aromatic amines is 1. The molecule has 1 aliphatic carbocycles. The highest BCUT2D eigenvalue weighted by molar-refractivity contribution is 5.95. The van der Waals surface area contributed by atoms with Gasteiger partial charge in [-0.15, -0.1) is 0 Å². The number of nitrogens with zero attached hydrogens (tertiary/aromatic N) is 3. The summed E-state index contributed by atoms with van der Waals surface area (Å²) in [6, 6.07) is 10.7. The number of piperidine rings is 1. The molecule has 0 radical (unpaired) electrons. The third kappa shape index (κ3) is 5.94. The Hall–Kier alpha value is -5.12. The number of anilines is 1. The first-order chi connectivity index (χ1) is 30.7. The molecule has 2 bridgehead atoms. The highest BCUT2D eigenvalue weighted by Crippen LogP contribution is 2.68. The molecule has 3 fully saturated rings. The minimum atomic E-state index is -2.32. The standard InChI is InChI=1S/C49H64N6O9/c1-9-45(52-44(59)50-11-3)25-30-26-48(42(57)62-7,38-32(17-21-54(27-30)28-45)31-15-12-13-16-35(31)51-38)34-23-33-36(24-37(34)61-6)53(5)40-47(33)19-22-55-20-14-18-46(10-2,39(47)55)41(64-29(4)56)49(40,60)43(58)63-8/h12-16,18,23-24,30,39-41,51,60H,9-11,17,19-22,25-28H2,1-8H3,(H2,50,52,59)/t30-,39+,40-,41-,45+,46-,47-,48+,49+/m1/s1. The summed E-state index contributed by atoms with van der Waals surface area (Å²) in [5.41, 5.74) is -1.40. The van der Waals surface area contributed by atoms with Crippen molar-refractivity contribution in [3.8, 4) is 5.75 Å². The number of fused-ring (bicyclic) bond motifs is 6. The monoisotopic (exact) mass is 880 g/mol. The second-order valence-electron chi connectivity index (χ2n) is 19.2. The van der Waals surface area contributed by atoms with Crippen LogP contribution < -0.4 is 20.3 Å². The molecule has 1 unspecified atom stereocenters. The molecule has 3 aromatic rings. The van der Waals surface area contributed by atoms with Crippen LogP contribution in [0.15, 0.2) is 48.6 Å². The Balaban J connectivity index is 1.33. The number of urea groups is 1. The number of aliphatic hydroxyl groups is 1. The van der Waals surface area contributed by atoms with Crippen LogP contribution in [0.25, 0.3) is 10.9 Å². The summed E-state index contributed by atoms with van der Waals surface area (Å²) in [5.74, 6) is -1.59. The van der Waals surface area contributed by atoms with E-state index in [4.69, 9.17) is 18.9 Å². The number of esters is 3. The molecule has 4 N–H and O–H groups in total. The van der Waals surface area contributed by atoms with Gasteiger partial charge in [0.1, 0.15) is 11.2 Å². The van der Waals surface area contributed by atoms with Gasteiger partial charge in [0.15, 0.2) is 6.10 Å². The molecule has 10 atom stereocenters. The van der Waals surface area contributed by atoms with E-state index in [1.54, 1.807) is 7.11 Å². The molecule has 9 rings (SSSR count). The van der Waals surface area contributed by atoms with Crippen LogP contribution >= 0.6 is 0 Å². The van der Waals surface area contributed by atoms with Crippen LogP contribution in [0.3, 0.4) is 0 Å². The molecule has 6 heterocycles. The van der Waals surface area contributed by atoms with Crippen LogP contribution in [0, 0.1) is 11.3 Å². The number of carbonyl (C=O) groups excluding carboxylic acids is 4. The third-order valence-corrected chi connectivity index (χ3v) is 16.4. The van der Waals surface area contributed by atoms with Crippen molar-refractivity contribution in [2.24, 2.45) is 11.3 Å². The van der Waals surface area contributed by atoms with Crippen LogP contribution in [0.4, 0.5) is 10.5 Å². The van der Waals surface area contributed by atoms with Crippen molar-refractivity contribution >= 4 is 40.5 Å². The average molecular weight is 881 g/mol. The lowest BCUT2D eigenvalue weighted by Crippen LogP contribution is -2.81. The average Bonchev–Trinajstić information content (AvgIpc) is 3.95. The fourth-order valence-corrected chi connectivity index (χ4v) is 14.2. The Labute approximate surface area is 375 Å². The zero-order chi connectivity index (χ0) is 45.6. The number of hydrogen-bond acceptors (Lipinski definition) is 12. The maximum absolute atomic E-state index is 15.6. The number of aromatic nitrogens is 1. The van der Waals surface area contributed by atoms with Gasteiger partial charge < -0.3 is 49.5 Å². The van der Waals surface area contributed by atoms with Crippen molar-refractivity contribution in [1.82, 2.24) is 25.4 Å². The topological polar surface area (TPSA) is 175 Å². The largest absolute Gasteiger partial charge is 0.496 e. The summed E-state index contributed by atoms with van der Waals surface area (Å²) >= 11 is 0. The van der Waals surface area contributed by atoms with E-state index in [-0.39, 0.29) is 18.0 Å². The molecule has 1 aromatic heterocycles.